The molecule has 1 saturated heterocycles. The lowest BCUT2D eigenvalue weighted by atomic mass is 9.98. The Hall–Kier alpha value is -1.89. The van der Waals surface area contributed by atoms with Crippen LogP contribution in [0.15, 0.2) is 53.4 Å². The second kappa shape index (κ2) is 7.78. The topological polar surface area (TPSA) is 66.5 Å². The molecule has 0 saturated carbocycles. The fraction of sp³-hybridized carbons (Fsp3) is 0.316. The van der Waals surface area contributed by atoms with Gasteiger partial charge in [0, 0.05) is 23.8 Å². The second-order valence-corrected chi connectivity index (χ2v) is 8.84. The van der Waals surface area contributed by atoms with Gasteiger partial charge in [-0.05, 0) is 49.6 Å². The number of amides is 1. The Kier molecular flexibility index (Phi) is 5.65. The molecule has 1 aliphatic rings. The van der Waals surface area contributed by atoms with E-state index in [9.17, 15) is 13.2 Å². The number of sulfonamides is 1. The maximum Gasteiger partial charge on any atom is 0.243 e. The van der Waals surface area contributed by atoms with Gasteiger partial charge in [0.05, 0.1) is 10.8 Å². The number of carbonyl (C=O) groups is 1. The van der Waals surface area contributed by atoms with Crippen LogP contribution in [-0.2, 0) is 14.8 Å². The molecule has 1 atom stereocenters. The van der Waals surface area contributed by atoms with Gasteiger partial charge in [-0.1, -0.05) is 35.9 Å². The third-order valence-electron chi connectivity index (χ3n) is 4.59. The minimum atomic E-state index is -3.58. The summed E-state index contributed by atoms with van der Waals surface area (Å²) in [7, 11) is -3.58. The average Bonchev–Trinajstić information content (AvgIpc) is 2.65. The zero-order valence-electron chi connectivity index (χ0n) is 14.5. The van der Waals surface area contributed by atoms with Crippen molar-refractivity contribution in [2.24, 2.45) is 5.92 Å². The average molecular weight is 393 g/mol. The number of rotatable bonds is 4. The molecule has 0 bridgehead atoms. The molecule has 26 heavy (non-hydrogen) atoms. The van der Waals surface area contributed by atoms with Gasteiger partial charge in [-0.15, -0.1) is 0 Å². The maximum atomic E-state index is 12.8. The van der Waals surface area contributed by atoms with Crippen LogP contribution < -0.4 is 5.32 Å². The molecule has 5 nitrogen and oxygen atoms in total. The van der Waals surface area contributed by atoms with Crippen LogP contribution in [0.2, 0.25) is 5.02 Å². The van der Waals surface area contributed by atoms with Crippen molar-refractivity contribution in [3.05, 3.63) is 59.1 Å². The van der Waals surface area contributed by atoms with Crippen LogP contribution >= 0.6 is 11.6 Å². The SMILES string of the molecule is Cc1ccc(Cl)cc1NC(=O)C1CCCN(S(=O)(=O)c2ccccc2)C1. The van der Waals surface area contributed by atoms with Crippen molar-refractivity contribution in [1.82, 2.24) is 4.31 Å². The zero-order chi connectivity index (χ0) is 18.7. The fourth-order valence-electron chi connectivity index (χ4n) is 3.08. The van der Waals surface area contributed by atoms with E-state index in [1.807, 2.05) is 13.0 Å². The van der Waals surface area contributed by atoms with Crippen molar-refractivity contribution < 1.29 is 13.2 Å². The minimum Gasteiger partial charge on any atom is -0.326 e. The molecular formula is C19H21ClN2O3S. The molecule has 138 valence electrons. The highest BCUT2D eigenvalue weighted by molar-refractivity contribution is 7.89. The molecule has 1 N–H and O–H groups in total. The Morgan fingerprint density at radius 1 is 1.19 bits per heavy atom. The highest BCUT2D eigenvalue weighted by Gasteiger charge is 2.33. The number of nitrogens with one attached hydrogen (secondary N) is 1. The van der Waals surface area contributed by atoms with Crippen molar-refractivity contribution in [2.75, 3.05) is 18.4 Å². The summed E-state index contributed by atoms with van der Waals surface area (Å²) in [6.07, 6.45) is 1.31. The first-order valence-corrected chi connectivity index (χ1v) is 10.3. The van der Waals surface area contributed by atoms with Crippen molar-refractivity contribution in [2.45, 2.75) is 24.7 Å². The van der Waals surface area contributed by atoms with Gasteiger partial charge < -0.3 is 5.32 Å². The van der Waals surface area contributed by atoms with Crippen LogP contribution in [0.4, 0.5) is 5.69 Å². The number of anilines is 1. The van der Waals surface area contributed by atoms with E-state index in [4.69, 9.17) is 11.6 Å². The predicted octanol–water partition coefficient (Wildman–Crippen LogP) is 3.69. The fourth-order valence-corrected chi connectivity index (χ4v) is 4.80. The Morgan fingerprint density at radius 3 is 2.65 bits per heavy atom. The summed E-state index contributed by atoms with van der Waals surface area (Å²) in [6.45, 7) is 2.50. The Labute approximate surface area is 159 Å². The van der Waals surface area contributed by atoms with Gasteiger partial charge in [-0.2, -0.15) is 4.31 Å². The van der Waals surface area contributed by atoms with Crippen LogP contribution in [0.25, 0.3) is 0 Å². The lowest BCUT2D eigenvalue weighted by Crippen LogP contribution is -2.43. The molecular weight excluding hydrogens is 372 g/mol. The number of benzene rings is 2. The summed E-state index contributed by atoms with van der Waals surface area (Å²) < 4.78 is 27.0. The first kappa shape index (κ1) is 18.9. The normalized spacial score (nSPS) is 18.5. The summed E-state index contributed by atoms with van der Waals surface area (Å²) in [5, 5.41) is 3.43. The van der Waals surface area contributed by atoms with E-state index in [0.29, 0.717) is 30.1 Å². The highest BCUT2D eigenvalue weighted by Crippen LogP contribution is 2.26. The first-order valence-electron chi connectivity index (χ1n) is 8.50. The number of hydrogen-bond acceptors (Lipinski definition) is 3. The van der Waals surface area contributed by atoms with Gasteiger partial charge in [0.1, 0.15) is 0 Å². The number of carbonyl (C=O) groups excluding carboxylic acids is 1. The van der Waals surface area contributed by atoms with E-state index in [2.05, 4.69) is 5.32 Å². The smallest absolute Gasteiger partial charge is 0.243 e. The van der Waals surface area contributed by atoms with Gasteiger partial charge in [-0.3, -0.25) is 4.79 Å². The molecule has 0 aliphatic carbocycles. The lowest BCUT2D eigenvalue weighted by molar-refractivity contribution is -0.120. The summed E-state index contributed by atoms with van der Waals surface area (Å²) >= 11 is 6.00. The largest absolute Gasteiger partial charge is 0.326 e. The molecule has 2 aromatic carbocycles. The number of nitrogens with zero attached hydrogens (tertiary/aromatic N) is 1. The van der Waals surface area contributed by atoms with Crippen molar-refractivity contribution >= 4 is 33.2 Å². The zero-order valence-corrected chi connectivity index (χ0v) is 16.1. The molecule has 3 rings (SSSR count). The molecule has 0 radical (unpaired) electrons. The van der Waals surface area contributed by atoms with E-state index in [1.54, 1.807) is 42.5 Å². The van der Waals surface area contributed by atoms with Crippen LogP contribution in [-0.4, -0.2) is 31.7 Å². The first-order chi connectivity index (χ1) is 12.4. The molecule has 1 heterocycles. The van der Waals surface area contributed by atoms with Crippen molar-refractivity contribution in [3.63, 3.8) is 0 Å². The molecule has 0 spiro atoms. The quantitative estimate of drug-likeness (QED) is 0.862. The van der Waals surface area contributed by atoms with Crippen LogP contribution in [0.3, 0.4) is 0 Å². The standard InChI is InChI=1S/C19H21ClN2O3S/c1-14-9-10-16(20)12-18(14)21-19(23)15-6-5-11-22(13-15)26(24,25)17-7-3-2-4-8-17/h2-4,7-10,12,15H,5-6,11,13H2,1H3,(H,21,23). The van der Waals surface area contributed by atoms with Gasteiger partial charge in [0.2, 0.25) is 15.9 Å². The third kappa shape index (κ3) is 4.09. The van der Waals surface area contributed by atoms with Gasteiger partial charge in [0.25, 0.3) is 0 Å². The van der Waals surface area contributed by atoms with Crippen molar-refractivity contribution in [1.29, 1.82) is 0 Å². The van der Waals surface area contributed by atoms with E-state index in [1.165, 1.54) is 4.31 Å². The molecule has 1 fully saturated rings. The van der Waals surface area contributed by atoms with E-state index < -0.39 is 10.0 Å². The third-order valence-corrected chi connectivity index (χ3v) is 6.71. The number of aryl methyl sites for hydroxylation is 1. The Morgan fingerprint density at radius 2 is 1.92 bits per heavy atom. The van der Waals surface area contributed by atoms with Gasteiger partial charge in [0.15, 0.2) is 0 Å². The molecule has 2 aromatic rings. The van der Waals surface area contributed by atoms with Crippen LogP contribution in [0.1, 0.15) is 18.4 Å². The Bertz CT molecular complexity index is 900. The maximum absolute atomic E-state index is 12.8. The van der Waals surface area contributed by atoms with Crippen LogP contribution in [0, 0.1) is 12.8 Å². The monoisotopic (exact) mass is 392 g/mol. The number of halogens is 1. The van der Waals surface area contributed by atoms with E-state index in [0.717, 1.165) is 5.56 Å². The number of hydrogen-bond donors (Lipinski definition) is 1. The molecule has 7 heteroatoms. The highest BCUT2D eigenvalue weighted by atomic mass is 35.5. The summed E-state index contributed by atoms with van der Waals surface area (Å²) in [5.41, 5.74) is 1.57. The molecule has 1 unspecified atom stereocenters. The van der Waals surface area contributed by atoms with Crippen molar-refractivity contribution in [3.8, 4) is 0 Å². The Balaban J connectivity index is 1.74. The van der Waals surface area contributed by atoms with E-state index in [-0.39, 0.29) is 23.3 Å². The molecule has 1 aliphatic heterocycles. The van der Waals surface area contributed by atoms with Crippen LogP contribution in [0.5, 0.6) is 0 Å². The van der Waals surface area contributed by atoms with Gasteiger partial charge in [-0.25, -0.2) is 8.42 Å². The second-order valence-electron chi connectivity index (χ2n) is 6.46. The summed E-state index contributed by atoms with van der Waals surface area (Å²) in [4.78, 5) is 12.9. The summed E-state index contributed by atoms with van der Waals surface area (Å²) in [5.74, 6) is -0.566. The van der Waals surface area contributed by atoms with Gasteiger partial charge >= 0.3 is 0 Å². The van der Waals surface area contributed by atoms with E-state index >= 15 is 0 Å². The predicted molar refractivity (Wildman–Crippen MR) is 103 cm³/mol. The number of piperidine rings is 1. The molecule has 0 aromatic heterocycles. The summed E-state index contributed by atoms with van der Waals surface area (Å²) in [6, 6.07) is 13.6. The minimum absolute atomic E-state index is 0.177. The molecule has 1 amide bonds. The lowest BCUT2D eigenvalue weighted by Gasteiger charge is -2.31.